The molecule has 6 nitrogen and oxygen atoms in total. The van der Waals surface area contributed by atoms with Crippen LogP contribution in [0.2, 0.25) is 0 Å². The SMILES string of the molecule is CCNC(=NCC1CC1c1ccccc1)NC1CCN(S(=O)(=O)CC)CC1. The number of piperidine rings is 1. The summed E-state index contributed by atoms with van der Waals surface area (Å²) in [6.07, 6.45) is 2.85. The maximum atomic E-state index is 12.0. The van der Waals surface area contributed by atoms with E-state index >= 15 is 0 Å². The lowest BCUT2D eigenvalue weighted by molar-refractivity contribution is 0.306. The Morgan fingerprint density at radius 1 is 1.19 bits per heavy atom. The van der Waals surface area contributed by atoms with E-state index in [1.165, 1.54) is 12.0 Å². The second-order valence-corrected chi connectivity index (χ2v) is 9.71. The highest BCUT2D eigenvalue weighted by atomic mass is 32.2. The van der Waals surface area contributed by atoms with E-state index in [4.69, 9.17) is 4.99 Å². The van der Waals surface area contributed by atoms with Crippen molar-refractivity contribution in [2.24, 2.45) is 10.9 Å². The van der Waals surface area contributed by atoms with Gasteiger partial charge in [-0.15, -0.1) is 0 Å². The summed E-state index contributed by atoms with van der Waals surface area (Å²) in [6.45, 7) is 6.60. The van der Waals surface area contributed by atoms with Crippen molar-refractivity contribution in [1.82, 2.24) is 14.9 Å². The minimum Gasteiger partial charge on any atom is -0.357 e. The normalized spacial score (nSPS) is 24.6. The molecule has 1 aromatic carbocycles. The van der Waals surface area contributed by atoms with Gasteiger partial charge in [0.1, 0.15) is 0 Å². The first-order valence-electron chi connectivity index (χ1n) is 10.1. The molecule has 3 rings (SSSR count). The van der Waals surface area contributed by atoms with Crippen LogP contribution in [0, 0.1) is 5.92 Å². The van der Waals surface area contributed by atoms with Crippen LogP contribution in [0.4, 0.5) is 0 Å². The van der Waals surface area contributed by atoms with E-state index in [0.717, 1.165) is 31.9 Å². The molecule has 0 amide bonds. The zero-order chi connectivity index (χ0) is 19.3. The summed E-state index contributed by atoms with van der Waals surface area (Å²) in [4.78, 5) is 4.79. The Bertz CT molecular complexity index is 728. The van der Waals surface area contributed by atoms with Gasteiger partial charge < -0.3 is 10.6 Å². The zero-order valence-corrected chi connectivity index (χ0v) is 17.2. The van der Waals surface area contributed by atoms with Crippen molar-refractivity contribution in [2.45, 2.75) is 45.1 Å². The summed E-state index contributed by atoms with van der Waals surface area (Å²) in [5.41, 5.74) is 1.42. The van der Waals surface area contributed by atoms with E-state index in [1.54, 1.807) is 11.2 Å². The van der Waals surface area contributed by atoms with Crippen LogP contribution in [0.15, 0.2) is 35.3 Å². The van der Waals surface area contributed by atoms with E-state index in [-0.39, 0.29) is 11.8 Å². The molecule has 1 aromatic rings. The molecule has 2 aliphatic rings. The molecule has 0 aromatic heterocycles. The Morgan fingerprint density at radius 2 is 1.89 bits per heavy atom. The van der Waals surface area contributed by atoms with E-state index in [0.29, 0.717) is 24.9 Å². The smallest absolute Gasteiger partial charge is 0.213 e. The molecule has 2 N–H and O–H groups in total. The molecule has 27 heavy (non-hydrogen) atoms. The third-order valence-electron chi connectivity index (χ3n) is 5.53. The van der Waals surface area contributed by atoms with Crippen LogP contribution < -0.4 is 10.6 Å². The van der Waals surface area contributed by atoms with E-state index < -0.39 is 10.0 Å². The third-order valence-corrected chi connectivity index (χ3v) is 7.41. The van der Waals surface area contributed by atoms with Crippen LogP contribution in [-0.2, 0) is 10.0 Å². The van der Waals surface area contributed by atoms with Gasteiger partial charge in [0.25, 0.3) is 0 Å². The van der Waals surface area contributed by atoms with Crippen molar-refractivity contribution >= 4 is 16.0 Å². The minimum absolute atomic E-state index is 0.180. The highest BCUT2D eigenvalue weighted by Crippen LogP contribution is 2.47. The van der Waals surface area contributed by atoms with Gasteiger partial charge in [0, 0.05) is 32.2 Å². The number of nitrogens with one attached hydrogen (secondary N) is 2. The number of guanidine groups is 1. The van der Waals surface area contributed by atoms with Crippen LogP contribution >= 0.6 is 0 Å². The molecule has 1 heterocycles. The lowest BCUT2D eigenvalue weighted by Gasteiger charge is -2.32. The Morgan fingerprint density at radius 3 is 2.52 bits per heavy atom. The molecule has 2 fully saturated rings. The van der Waals surface area contributed by atoms with Crippen molar-refractivity contribution in [2.75, 3.05) is 31.9 Å². The van der Waals surface area contributed by atoms with Gasteiger partial charge in [-0.1, -0.05) is 30.3 Å². The maximum absolute atomic E-state index is 12.0. The Labute approximate surface area is 163 Å². The van der Waals surface area contributed by atoms with Crippen LogP contribution in [-0.4, -0.2) is 56.7 Å². The van der Waals surface area contributed by atoms with Crippen LogP contribution in [0.5, 0.6) is 0 Å². The zero-order valence-electron chi connectivity index (χ0n) is 16.4. The highest BCUT2D eigenvalue weighted by molar-refractivity contribution is 7.89. The highest BCUT2D eigenvalue weighted by Gasteiger charge is 2.37. The van der Waals surface area contributed by atoms with Crippen molar-refractivity contribution in [3.8, 4) is 0 Å². The van der Waals surface area contributed by atoms with Crippen molar-refractivity contribution < 1.29 is 8.42 Å². The van der Waals surface area contributed by atoms with Gasteiger partial charge in [-0.2, -0.15) is 0 Å². The van der Waals surface area contributed by atoms with Crippen LogP contribution in [0.3, 0.4) is 0 Å². The third kappa shape index (κ3) is 5.45. The quantitative estimate of drug-likeness (QED) is 0.551. The second-order valence-electron chi connectivity index (χ2n) is 7.45. The Balaban J connectivity index is 1.49. The average Bonchev–Trinajstić information content (AvgIpc) is 3.47. The summed E-state index contributed by atoms with van der Waals surface area (Å²) < 4.78 is 25.6. The second kappa shape index (κ2) is 9.06. The largest absolute Gasteiger partial charge is 0.357 e. The van der Waals surface area contributed by atoms with Gasteiger partial charge in [-0.05, 0) is 50.5 Å². The molecule has 1 aliphatic carbocycles. The first-order chi connectivity index (χ1) is 13.0. The number of hydrogen-bond donors (Lipinski definition) is 2. The summed E-state index contributed by atoms with van der Waals surface area (Å²) in [6, 6.07) is 10.9. The number of hydrogen-bond acceptors (Lipinski definition) is 3. The lowest BCUT2D eigenvalue weighted by Crippen LogP contribution is -2.50. The number of sulfonamides is 1. The molecule has 1 saturated heterocycles. The topological polar surface area (TPSA) is 73.8 Å². The van der Waals surface area contributed by atoms with Gasteiger partial charge in [0.15, 0.2) is 5.96 Å². The number of rotatable bonds is 7. The monoisotopic (exact) mass is 392 g/mol. The Kier molecular flexibility index (Phi) is 6.76. The molecule has 0 bridgehead atoms. The van der Waals surface area contributed by atoms with Crippen molar-refractivity contribution in [3.63, 3.8) is 0 Å². The van der Waals surface area contributed by atoms with Gasteiger partial charge in [0.2, 0.25) is 10.0 Å². The standard InChI is InChI=1S/C20H32N4O2S/c1-3-21-20(22-15-17-14-19(17)16-8-6-5-7-9-16)23-18-10-12-24(13-11-18)27(25,26)4-2/h5-9,17-19H,3-4,10-15H2,1-2H3,(H2,21,22,23). The van der Waals surface area contributed by atoms with Crippen molar-refractivity contribution in [1.29, 1.82) is 0 Å². The fourth-order valence-corrected chi connectivity index (χ4v) is 4.87. The molecule has 7 heteroatoms. The molecule has 0 radical (unpaired) electrons. The predicted molar refractivity (Wildman–Crippen MR) is 110 cm³/mol. The molecule has 1 saturated carbocycles. The molecule has 1 aliphatic heterocycles. The van der Waals surface area contributed by atoms with Gasteiger partial charge >= 0.3 is 0 Å². The van der Waals surface area contributed by atoms with Gasteiger partial charge in [-0.25, -0.2) is 12.7 Å². The molecular weight excluding hydrogens is 360 g/mol. The van der Waals surface area contributed by atoms with E-state index in [2.05, 4.69) is 47.9 Å². The van der Waals surface area contributed by atoms with E-state index in [1.807, 2.05) is 0 Å². The number of aliphatic imine (C=N–C) groups is 1. The molecule has 0 spiro atoms. The molecule has 150 valence electrons. The lowest BCUT2D eigenvalue weighted by atomic mass is 10.1. The van der Waals surface area contributed by atoms with Gasteiger partial charge in [0.05, 0.1) is 5.75 Å². The number of nitrogens with zero attached hydrogens (tertiary/aromatic N) is 2. The summed E-state index contributed by atoms with van der Waals surface area (Å²) in [5.74, 6) is 2.30. The van der Waals surface area contributed by atoms with Crippen LogP contribution in [0.25, 0.3) is 0 Å². The minimum atomic E-state index is -3.07. The number of benzene rings is 1. The fraction of sp³-hybridized carbons (Fsp3) is 0.650. The molecule has 2 unspecified atom stereocenters. The Hall–Kier alpha value is -1.60. The molecular formula is C20H32N4O2S. The van der Waals surface area contributed by atoms with Crippen LogP contribution in [0.1, 0.15) is 44.6 Å². The summed E-state index contributed by atoms with van der Waals surface area (Å²) in [5, 5.41) is 6.83. The summed E-state index contributed by atoms with van der Waals surface area (Å²) >= 11 is 0. The van der Waals surface area contributed by atoms with Gasteiger partial charge in [-0.3, -0.25) is 4.99 Å². The average molecular weight is 393 g/mol. The van der Waals surface area contributed by atoms with E-state index in [9.17, 15) is 8.42 Å². The first kappa shape index (κ1) is 20.1. The molecule has 2 atom stereocenters. The fourth-order valence-electron chi connectivity index (χ4n) is 3.74. The summed E-state index contributed by atoms with van der Waals surface area (Å²) in [7, 11) is -3.07. The van der Waals surface area contributed by atoms with Crippen molar-refractivity contribution in [3.05, 3.63) is 35.9 Å². The first-order valence-corrected chi connectivity index (χ1v) is 11.7. The maximum Gasteiger partial charge on any atom is 0.213 e. The predicted octanol–water partition coefficient (Wildman–Crippen LogP) is 2.16.